The van der Waals surface area contributed by atoms with Gasteiger partial charge in [-0.15, -0.1) is 0 Å². The minimum atomic E-state index is -0.426. The highest BCUT2D eigenvalue weighted by Crippen LogP contribution is 2.92. The smallest absolute Gasteiger partial charge is 0.226 e. The first-order chi connectivity index (χ1) is 36.7. The number of rotatable bonds is 2. The Morgan fingerprint density at radius 1 is 0.243 bits per heavy atom. The quantitative estimate of drug-likeness (QED) is 0.172. The predicted octanol–water partition coefficient (Wildman–Crippen LogP) is 18.0. The third-order valence-electron chi connectivity index (χ3n) is 28.9. The van der Waals surface area contributed by atoms with Gasteiger partial charge in [-0.3, -0.25) is 4.79 Å². The molecule has 0 heterocycles. The van der Waals surface area contributed by atoms with Crippen LogP contribution >= 0.6 is 0 Å². The Labute approximate surface area is 405 Å². The molecule has 0 aromatic heterocycles. The number of hydrogen-bond donors (Lipinski definition) is 1. The number of carbonyl (C=O) groups is 1. The summed E-state index contributed by atoms with van der Waals surface area (Å²) >= 11 is 0. The van der Waals surface area contributed by atoms with Gasteiger partial charge in [0.1, 0.15) is 0 Å². The van der Waals surface area contributed by atoms with Crippen molar-refractivity contribution in [2.75, 3.05) is 0 Å². The molecule has 28 aromatic rings. The van der Waals surface area contributed by atoms with Gasteiger partial charge in [-0.2, -0.15) is 0 Å². The highest BCUT2D eigenvalue weighted by Gasteiger charge is 2.89. The van der Waals surface area contributed by atoms with Crippen molar-refractivity contribution in [1.29, 1.82) is 0 Å². The van der Waals surface area contributed by atoms with Crippen molar-refractivity contribution in [1.82, 2.24) is 5.32 Å². The van der Waals surface area contributed by atoms with E-state index in [2.05, 4.69) is 5.32 Å². The lowest BCUT2D eigenvalue weighted by Gasteiger charge is -2.57. The van der Waals surface area contributed by atoms with Gasteiger partial charge in [0.25, 0.3) is 0 Å². The summed E-state index contributed by atoms with van der Waals surface area (Å²) in [5.41, 5.74) is 5.70. The molecule has 1 N–H and O–H groups in total. The molecule has 0 radical (unpaired) electrons. The van der Waals surface area contributed by atoms with E-state index in [0.717, 1.165) is 17.8 Å². The third kappa shape index (κ3) is 1.50. The Bertz CT molecular complexity index is 6880. The molecule has 2 heteroatoms. The molecule has 74 heavy (non-hydrogen) atoms. The second-order valence-corrected chi connectivity index (χ2v) is 29.5. The van der Waals surface area contributed by atoms with Crippen LogP contribution in [0.25, 0.3) is 291 Å². The minimum Gasteiger partial charge on any atom is -0.350 e. The van der Waals surface area contributed by atoms with Crippen LogP contribution in [0, 0.1) is 23.7 Å². The number of benzene rings is 18. The fourth-order valence-corrected chi connectivity index (χ4v) is 29.4. The summed E-state index contributed by atoms with van der Waals surface area (Å²) in [6.07, 6.45) is 7.80. The molecule has 28 aromatic carbocycles. The van der Waals surface area contributed by atoms with Crippen molar-refractivity contribution in [3.63, 3.8) is 0 Å². The molecule has 4 bridgehead atoms. The van der Waals surface area contributed by atoms with E-state index < -0.39 is 10.8 Å². The van der Waals surface area contributed by atoms with Gasteiger partial charge in [-0.1, -0.05) is 0 Å². The highest BCUT2D eigenvalue weighted by molar-refractivity contribution is 6.82. The maximum absolute atomic E-state index is 17.3. The fourth-order valence-electron chi connectivity index (χ4n) is 29.4. The molecule has 9 aliphatic rings. The van der Waals surface area contributed by atoms with E-state index in [1.807, 2.05) is 0 Å². The number of nitrogens with one attached hydrogen (secondary N) is 1. The zero-order valence-corrected chi connectivity index (χ0v) is 38.5. The van der Waals surface area contributed by atoms with Crippen LogP contribution < -0.4 is 5.32 Å². The molecule has 2 nitrogen and oxygen atoms in total. The molecule has 1 amide bonds. The molecular formula is C72H17NO. The van der Waals surface area contributed by atoms with Crippen molar-refractivity contribution < 1.29 is 4.79 Å². The summed E-state index contributed by atoms with van der Waals surface area (Å²) in [5, 5.41) is 92.5. The maximum Gasteiger partial charge on any atom is 0.226 e. The lowest BCUT2D eigenvalue weighted by molar-refractivity contribution is -0.128. The number of amides is 1. The Kier molecular flexibility index (Phi) is 2.35. The van der Waals surface area contributed by atoms with Gasteiger partial charge in [0, 0.05) is 5.54 Å². The van der Waals surface area contributed by atoms with E-state index in [0.29, 0.717) is 5.91 Å². The third-order valence-corrected chi connectivity index (χ3v) is 28.9. The summed E-state index contributed by atoms with van der Waals surface area (Å²) in [6, 6.07) is 0. The van der Waals surface area contributed by atoms with E-state index in [-0.39, 0.29) is 11.5 Å². The number of hydrogen-bond acceptors (Lipinski definition) is 1. The molecule has 0 atom stereocenters. The van der Waals surface area contributed by atoms with Crippen molar-refractivity contribution in [2.24, 2.45) is 23.7 Å². The second kappa shape index (κ2) is 6.26. The zero-order valence-electron chi connectivity index (χ0n) is 38.5. The van der Waals surface area contributed by atoms with E-state index >= 15 is 4.79 Å². The first-order valence-electron chi connectivity index (χ1n) is 28.8. The zero-order chi connectivity index (χ0) is 43.8. The van der Waals surface area contributed by atoms with Gasteiger partial charge in [0.15, 0.2) is 0 Å². The molecule has 316 valence electrons. The fraction of sp³-hybridized carbons (Fsp3) is 0.181. The molecular weight excluding hydrogens is 895 g/mol. The van der Waals surface area contributed by atoms with Gasteiger partial charge in [0.2, 0.25) is 5.91 Å². The van der Waals surface area contributed by atoms with Crippen LogP contribution in [0.5, 0.6) is 0 Å². The Balaban J connectivity index is 1.02. The summed E-state index contributed by atoms with van der Waals surface area (Å²) in [7, 11) is 0. The summed E-state index contributed by atoms with van der Waals surface area (Å²) < 4.78 is 0. The minimum absolute atomic E-state index is 0.0507. The summed E-state index contributed by atoms with van der Waals surface area (Å²) in [5.74, 6) is 2.62. The molecule has 5 fully saturated rings. The van der Waals surface area contributed by atoms with Gasteiger partial charge in [-0.25, -0.2) is 0 Å². The van der Waals surface area contributed by atoms with Crippen LogP contribution in [-0.4, -0.2) is 11.4 Å². The molecule has 0 unspecified atom stereocenters. The van der Waals surface area contributed by atoms with Crippen LogP contribution in [-0.2, 0) is 15.6 Å². The van der Waals surface area contributed by atoms with E-state index in [1.54, 1.807) is 313 Å². The number of carbonyl (C=O) groups excluding carboxylic acids is 1. The van der Waals surface area contributed by atoms with Crippen LogP contribution in [0.1, 0.15) is 60.8 Å². The van der Waals surface area contributed by atoms with Gasteiger partial charge < -0.3 is 5.32 Å². The van der Waals surface area contributed by atoms with Crippen LogP contribution in [0.4, 0.5) is 0 Å². The summed E-state index contributed by atoms with van der Waals surface area (Å²) in [4.78, 5) is 17.3. The average molecular weight is 912 g/mol. The van der Waals surface area contributed by atoms with E-state index in [9.17, 15) is 0 Å². The second-order valence-electron chi connectivity index (χ2n) is 29.5. The van der Waals surface area contributed by atoms with Crippen molar-refractivity contribution in [2.45, 2.75) is 54.9 Å². The normalized spacial score (nSPS) is 30.1. The van der Waals surface area contributed by atoms with Crippen molar-refractivity contribution in [3.8, 4) is 0 Å². The predicted molar refractivity (Wildman–Crippen MR) is 306 cm³/mol. The molecule has 9 aliphatic carbocycles. The summed E-state index contributed by atoms with van der Waals surface area (Å²) in [6.45, 7) is 0. The van der Waals surface area contributed by atoms with Crippen molar-refractivity contribution >= 4 is 297 Å². The Morgan fingerprint density at radius 2 is 0.392 bits per heavy atom. The monoisotopic (exact) mass is 911 g/mol. The SMILES string of the molecule is O=C(NC12CC3CC(CC(C3)C1)C2)C1C23c4c5c6c7c8c9c(c%10c%11c2c2c4c4c%12c5c5c6c6c8c8c%13c9c9c%10c%10c%11c%11c2c2c4c4c%12c%12c5c5c6c8c6c8c%13c9c9c%10c%10c%11c2c2c4c4c%12c5c6c5c8c9c%10c2c45)C713. The molecule has 0 aliphatic heterocycles. The van der Waals surface area contributed by atoms with Gasteiger partial charge in [-0.05, 0) is 369 Å². The molecule has 0 saturated heterocycles. The molecule has 37 rings (SSSR count). The van der Waals surface area contributed by atoms with Crippen molar-refractivity contribution in [3.05, 3.63) is 22.3 Å². The molecule has 2 spiro atoms. The Morgan fingerprint density at radius 3 is 0.554 bits per heavy atom. The largest absolute Gasteiger partial charge is 0.350 e. The van der Waals surface area contributed by atoms with E-state index in [4.69, 9.17) is 0 Å². The highest BCUT2D eigenvalue weighted by atomic mass is 16.2. The van der Waals surface area contributed by atoms with Crippen LogP contribution in [0.2, 0.25) is 0 Å². The average Bonchev–Trinajstić information content (AvgIpc) is 1.92. The topological polar surface area (TPSA) is 29.1 Å². The Hall–Kier alpha value is -8.07. The van der Waals surface area contributed by atoms with Crippen LogP contribution in [0.15, 0.2) is 0 Å². The first-order valence-corrected chi connectivity index (χ1v) is 28.8. The standard InChI is InChI=1S/C72H17NO/c74-69(73-70-4-7-1-8(5-70)3-9(2-7)6-70)68-71-64-56-48-38-28-20-12-10-11-14-18-16(12)24-32-26(18)36-30-22(14)23-15(11)19-17-13(10)21(20)29-35-25(17)33-27(19)37-31(23)41-40(30)50-44(36)54-46(32)52(42(48)34(24)28)60(64)62(54)66-58(50)59-51(41)45(37)55-47(33)53-43(35)49(39(29)38)57(56)65(71)61(53)63(55)67(59)72(66,68)71/h7-9,68H,1-6H2,(H,73,74). The maximum atomic E-state index is 17.3. The lowest BCUT2D eigenvalue weighted by atomic mass is 9.53. The van der Waals surface area contributed by atoms with Crippen LogP contribution in [0.3, 0.4) is 0 Å². The first kappa shape index (κ1) is 27.8. The molecule has 5 saturated carbocycles. The van der Waals surface area contributed by atoms with E-state index in [1.165, 1.54) is 38.5 Å². The lowest BCUT2D eigenvalue weighted by Crippen LogP contribution is -2.60. The van der Waals surface area contributed by atoms with Gasteiger partial charge in [0.05, 0.1) is 16.7 Å². The van der Waals surface area contributed by atoms with Gasteiger partial charge >= 0.3 is 0 Å².